The van der Waals surface area contributed by atoms with Gasteiger partial charge in [0.1, 0.15) is 4.83 Å². The first-order valence-corrected chi connectivity index (χ1v) is 11.2. The highest BCUT2D eigenvalue weighted by atomic mass is 32.2. The summed E-state index contributed by atoms with van der Waals surface area (Å²) in [4.78, 5) is 19.9. The molecule has 7 heteroatoms. The molecule has 0 radical (unpaired) electrons. The molecule has 28 heavy (non-hydrogen) atoms. The molecule has 5 rings (SSSR count). The zero-order chi connectivity index (χ0) is 19.1. The van der Waals surface area contributed by atoms with Crippen LogP contribution in [0.15, 0.2) is 52.7 Å². The van der Waals surface area contributed by atoms with Crippen molar-refractivity contribution < 1.29 is 0 Å². The minimum absolute atomic E-state index is 0.0895. The van der Waals surface area contributed by atoms with Gasteiger partial charge in [-0.25, -0.2) is 4.98 Å². The summed E-state index contributed by atoms with van der Waals surface area (Å²) in [5.41, 5.74) is 3.69. The van der Waals surface area contributed by atoms with E-state index in [1.54, 1.807) is 27.7 Å². The van der Waals surface area contributed by atoms with Gasteiger partial charge in [0.25, 0.3) is 5.56 Å². The number of aryl methyl sites for hydroxylation is 2. The number of benzene rings is 1. The van der Waals surface area contributed by atoms with Crippen molar-refractivity contribution in [3.63, 3.8) is 0 Å². The van der Waals surface area contributed by atoms with Gasteiger partial charge in [0.2, 0.25) is 0 Å². The third-order valence-electron chi connectivity index (χ3n) is 5.15. The predicted molar refractivity (Wildman–Crippen MR) is 114 cm³/mol. The monoisotopic (exact) mass is 408 g/mol. The number of thiophene rings is 1. The van der Waals surface area contributed by atoms with E-state index in [1.165, 1.54) is 16.0 Å². The molecule has 1 aliphatic carbocycles. The minimum Gasteiger partial charge on any atom is -0.290 e. The van der Waals surface area contributed by atoms with Gasteiger partial charge in [0.05, 0.1) is 18.1 Å². The van der Waals surface area contributed by atoms with Crippen LogP contribution in [0.2, 0.25) is 0 Å². The molecule has 3 heterocycles. The van der Waals surface area contributed by atoms with Gasteiger partial charge in [-0.05, 0) is 30.4 Å². The van der Waals surface area contributed by atoms with Gasteiger partial charge >= 0.3 is 0 Å². The Balaban J connectivity index is 1.35. The van der Waals surface area contributed by atoms with Gasteiger partial charge in [0, 0.05) is 29.4 Å². The van der Waals surface area contributed by atoms with E-state index in [0.717, 1.165) is 52.5 Å². The molecule has 0 saturated heterocycles. The second-order valence-corrected chi connectivity index (χ2v) is 9.14. The van der Waals surface area contributed by atoms with Crippen molar-refractivity contribution in [2.24, 2.45) is 7.05 Å². The van der Waals surface area contributed by atoms with Gasteiger partial charge in [-0.1, -0.05) is 42.1 Å². The third kappa shape index (κ3) is 3.18. The van der Waals surface area contributed by atoms with E-state index in [9.17, 15) is 4.79 Å². The number of rotatable bonds is 5. The number of thioether (sulfide) groups is 1. The highest BCUT2D eigenvalue weighted by Crippen LogP contribution is 2.35. The van der Waals surface area contributed by atoms with Crippen molar-refractivity contribution in [2.75, 3.05) is 0 Å². The summed E-state index contributed by atoms with van der Waals surface area (Å²) in [7, 11) is 1.83. The molecule has 0 spiro atoms. The van der Waals surface area contributed by atoms with E-state index < -0.39 is 0 Å². The molecular formula is C21H20N4OS2. The van der Waals surface area contributed by atoms with Crippen molar-refractivity contribution >= 4 is 33.3 Å². The maximum absolute atomic E-state index is 12.9. The Morgan fingerprint density at radius 3 is 2.89 bits per heavy atom. The smallest absolute Gasteiger partial charge is 0.262 e. The molecule has 0 amide bonds. The Bertz CT molecular complexity index is 1210. The van der Waals surface area contributed by atoms with Crippen LogP contribution in [0.1, 0.15) is 28.0 Å². The molecular weight excluding hydrogens is 388 g/mol. The van der Waals surface area contributed by atoms with Crippen LogP contribution in [0.3, 0.4) is 0 Å². The number of aromatic nitrogens is 4. The highest BCUT2D eigenvalue weighted by molar-refractivity contribution is 7.98. The lowest BCUT2D eigenvalue weighted by molar-refractivity contribution is 0.686. The average Bonchev–Trinajstić information content (AvgIpc) is 3.40. The Morgan fingerprint density at radius 1 is 1.18 bits per heavy atom. The molecule has 142 valence electrons. The van der Waals surface area contributed by atoms with E-state index in [-0.39, 0.29) is 5.56 Å². The quantitative estimate of drug-likeness (QED) is 0.370. The molecule has 1 aromatic carbocycles. The minimum atomic E-state index is 0.0895. The van der Waals surface area contributed by atoms with Crippen LogP contribution in [-0.4, -0.2) is 19.3 Å². The summed E-state index contributed by atoms with van der Waals surface area (Å²) in [6.45, 7) is 0.759. The molecule has 0 aliphatic heterocycles. The summed E-state index contributed by atoms with van der Waals surface area (Å²) in [5.74, 6) is 0.742. The molecule has 0 N–H and O–H groups in total. The summed E-state index contributed by atoms with van der Waals surface area (Å²) < 4.78 is 3.65. The van der Waals surface area contributed by atoms with E-state index >= 15 is 0 Å². The lowest BCUT2D eigenvalue weighted by Gasteiger charge is -2.07. The van der Waals surface area contributed by atoms with Crippen molar-refractivity contribution in [1.29, 1.82) is 0 Å². The Kier molecular flexibility index (Phi) is 4.56. The molecule has 0 bridgehead atoms. The summed E-state index contributed by atoms with van der Waals surface area (Å²) in [5, 5.41) is 6.08. The van der Waals surface area contributed by atoms with Gasteiger partial charge in [-0.2, -0.15) is 5.10 Å². The fourth-order valence-corrected chi connectivity index (χ4v) is 5.91. The van der Waals surface area contributed by atoms with Gasteiger partial charge in [-0.3, -0.25) is 14.0 Å². The Morgan fingerprint density at radius 2 is 2.04 bits per heavy atom. The van der Waals surface area contributed by atoms with Crippen molar-refractivity contribution in [2.45, 2.75) is 36.7 Å². The van der Waals surface area contributed by atoms with Crippen LogP contribution < -0.4 is 5.56 Å². The average molecular weight is 409 g/mol. The molecule has 0 fully saturated rings. The van der Waals surface area contributed by atoms with Crippen LogP contribution in [0.4, 0.5) is 0 Å². The van der Waals surface area contributed by atoms with E-state index in [0.29, 0.717) is 0 Å². The maximum Gasteiger partial charge on any atom is 0.262 e. The standard InChI is InChI=1S/C21H20N4OS2/c1-24-20(26)18-16-8-5-9-17(16)28-19(18)23-21(24)27-13-15-10-22-25(12-15)11-14-6-3-2-4-7-14/h2-4,6-7,10,12H,5,8-9,11,13H2,1H3. The molecule has 0 unspecified atom stereocenters. The zero-order valence-electron chi connectivity index (χ0n) is 15.6. The number of nitrogens with zero attached hydrogens (tertiary/aromatic N) is 4. The zero-order valence-corrected chi connectivity index (χ0v) is 17.2. The third-order valence-corrected chi connectivity index (χ3v) is 7.43. The lowest BCUT2D eigenvalue weighted by atomic mass is 10.2. The number of hydrogen-bond donors (Lipinski definition) is 0. The number of fused-ring (bicyclic) bond motifs is 3. The summed E-state index contributed by atoms with van der Waals surface area (Å²) in [6.07, 6.45) is 7.22. The molecule has 0 saturated carbocycles. The molecule has 4 aromatic rings. The van der Waals surface area contributed by atoms with Crippen molar-refractivity contribution in [3.05, 3.63) is 74.6 Å². The second-order valence-electron chi connectivity index (χ2n) is 7.12. The van der Waals surface area contributed by atoms with Crippen LogP contribution in [0.25, 0.3) is 10.2 Å². The van der Waals surface area contributed by atoms with Crippen LogP contribution in [0.5, 0.6) is 0 Å². The van der Waals surface area contributed by atoms with E-state index in [4.69, 9.17) is 4.98 Å². The normalized spacial score (nSPS) is 13.3. The predicted octanol–water partition coefficient (Wildman–Crippen LogP) is 4.02. The fourth-order valence-electron chi connectivity index (χ4n) is 3.72. The maximum atomic E-state index is 12.9. The van der Waals surface area contributed by atoms with Crippen LogP contribution in [0, 0.1) is 0 Å². The molecule has 3 aromatic heterocycles. The first kappa shape index (κ1) is 17.7. The van der Waals surface area contributed by atoms with Crippen molar-refractivity contribution in [1.82, 2.24) is 19.3 Å². The first-order valence-electron chi connectivity index (χ1n) is 9.38. The van der Waals surface area contributed by atoms with E-state index in [1.807, 2.05) is 36.1 Å². The Labute approximate surface area is 171 Å². The molecule has 1 aliphatic rings. The first-order chi connectivity index (χ1) is 13.7. The van der Waals surface area contributed by atoms with Gasteiger partial charge in [-0.15, -0.1) is 11.3 Å². The van der Waals surface area contributed by atoms with Crippen LogP contribution >= 0.6 is 23.1 Å². The second kappa shape index (κ2) is 7.22. The largest absolute Gasteiger partial charge is 0.290 e. The number of hydrogen-bond acceptors (Lipinski definition) is 5. The van der Waals surface area contributed by atoms with E-state index in [2.05, 4.69) is 23.4 Å². The summed E-state index contributed by atoms with van der Waals surface area (Å²) >= 11 is 3.29. The van der Waals surface area contributed by atoms with Gasteiger partial charge < -0.3 is 0 Å². The fraction of sp³-hybridized carbons (Fsp3) is 0.286. The lowest BCUT2D eigenvalue weighted by Crippen LogP contribution is -2.20. The highest BCUT2D eigenvalue weighted by Gasteiger charge is 2.22. The molecule has 0 atom stereocenters. The molecule has 5 nitrogen and oxygen atoms in total. The SMILES string of the molecule is Cn1c(SCc2cnn(Cc3ccccc3)c2)nc2sc3c(c2c1=O)CCC3. The van der Waals surface area contributed by atoms with Gasteiger partial charge in [0.15, 0.2) is 5.16 Å². The van der Waals surface area contributed by atoms with Crippen LogP contribution in [-0.2, 0) is 32.2 Å². The summed E-state index contributed by atoms with van der Waals surface area (Å²) in [6, 6.07) is 10.3. The Hall–Kier alpha value is -2.38. The van der Waals surface area contributed by atoms with Crippen molar-refractivity contribution in [3.8, 4) is 0 Å². The topological polar surface area (TPSA) is 52.7 Å².